The molecule has 102 valence electrons. The summed E-state index contributed by atoms with van der Waals surface area (Å²) in [4.78, 5) is 4.64. The Bertz CT molecular complexity index is 799. The van der Waals surface area contributed by atoms with E-state index in [1.54, 1.807) is 16.8 Å². The maximum absolute atomic E-state index is 14.2. The van der Waals surface area contributed by atoms with E-state index in [2.05, 4.69) is 15.2 Å². The molecule has 0 unspecified atom stereocenters. The summed E-state index contributed by atoms with van der Waals surface area (Å²) in [5.74, 6) is 0.361. The molecular formula is C13H12FN5S. The van der Waals surface area contributed by atoms with Crippen molar-refractivity contribution in [2.45, 2.75) is 17.0 Å². The van der Waals surface area contributed by atoms with Gasteiger partial charge in [0.25, 0.3) is 0 Å². The lowest BCUT2D eigenvalue weighted by Gasteiger charge is -2.08. The summed E-state index contributed by atoms with van der Waals surface area (Å²) in [6.45, 7) is 1.84. The van der Waals surface area contributed by atoms with Crippen LogP contribution in [0.5, 0.6) is 0 Å². The van der Waals surface area contributed by atoms with Crippen LogP contribution in [0.2, 0.25) is 0 Å². The van der Waals surface area contributed by atoms with Gasteiger partial charge in [-0.15, -0.1) is 10.2 Å². The predicted molar refractivity (Wildman–Crippen MR) is 76.0 cm³/mol. The maximum Gasteiger partial charge on any atom is 0.195 e. The molecule has 0 spiro atoms. The van der Waals surface area contributed by atoms with Crippen LogP contribution in [-0.2, 0) is 7.05 Å². The molecule has 20 heavy (non-hydrogen) atoms. The van der Waals surface area contributed by atoms with E-state index in [4.69, 9.17) is 5.73 Å². The van der Waals surface area contributed by atoms with Crippen molar-refractivity contribution in [2.24, 2.45) is 7.05 Å². The highest BCUT2D eigenvalue weighted by molar-refractivity contribution is 7.99. The first-order valence-electron chi connectivity index (χ1n) is 5.94. The molecule has 0 fully saturated rings. The second-order valence-electron chi connectivity index (χ2n) is 4.37. The molecule has 0 radical (unpaired) electrons. The zero-order valence-electron chi connectivity index (χ0n) is 11.0. The van der Waals surface area contributed by atoms with Crippen LogP contribution < -0.4 is 5.73 Å². The monoisotopic (exact) mass is 289 g/mol. The number of hydrogen-bond donors (Lipinski definition) is 1. The molecule has 1 aromatic carbocycles. The summed E-state index contributed by atoms with van der Waals surface area (Å²) in [6, 6.07) is 4.91. The Kier molecular flexibility index (Phi) is 3.06. The third-order valence-corrected chi connectivity index (χ3v) is 4.21. The molecule has 0 atom stereocenters. The van der Waals surface area contributed by atoms with E-state index in [1.807, 2.05) is 20.0 Å². The summed E-state index contributed by atoms with van der Waals surface area (Å²) in [6.07, 6.45) is 1.62. The summed E-state index contributed by atoms with van der Waals surface area (Å²) in [5.41, 5.74) is 6.75. The third-order valence-electron chi connectivity index (χ3n) is 3.08. The minimum absolute atomic E-state index is 0.379. The normalized spacial score (nSPS) is 11.2. The molecular weight excluding hydrogens is 277 g/mol. The minimum atomic E-state index is -0.403. The molecule has 0 saturated heterocycles. The number of hydrogen-bond acceptors (Lipinski definition) is 5. The van der Waals surface area contributed by atoms with Crippen molar-refractivity contribution in [1.82, 2.24) is 19.7 Å². The smallest absolute Gasteiger partial charge is 0.195 e. The van der Waals surface area contributed by atoms with Gasteiger partial charge in [0.1, 0.15) is 11.6 Å². The predicted octanol–water partition coefficient (Wildman–Crippen LogP) is 2.54. The van der Waals surface area contributed by atoms with E-state index in [0.717, 1.165) is 11.2 Å². The zero-order chi connectivity index (χ0) is 14.3. The number of benzene rings is 1. The highest BCUT2D eigenvalue weighted by Gasteiger charge is 2.16. The lowest BCUT2D eigenvalue weighted by molar-refractivity contribution is 0.605. The third kappa shape index (κ3) is 2.00. The molecule has 5 nitrogen and oxygen atoms in total. The number of halogens is 1. The van der Waals surface area contributed by atoms with Crippen LogP contribution in [-0.4, -0.2) is 19.7 Å². The van der Waals surface area contributed by atoms with Gasteiger partial charge in [0, 0.05) is 24.3 Å². The number of anilines is 1. The van der Waals surface area contributed by atoms with E-state index in [-0.39, 0.29) is 0 Å². The van der Waals surface area contributed by atoms with E-state index in [0.29, 0.717) is 21.3 Å². The van der Waals surface area contributed by atoms with Gasteiger partial charge >= 0.3 is 0 Å². The van der Waals surface area contributed by atoms with Gasteiger partial charge in [-0.25, -0.2) is 4.39 Å². The van der Waals surface area contributed by atoms with Crippen molar-refractivity contribution >= 4 is 28.4 Å². The molecule has 0 aliphatic carbocycles. The molecule has 0 saturated carbocycles. The number of fused-ring (bicyclic) bond motifs is 1. The molecule has 7 heteroatoms. The first-order valence-corrected chi connectivity index (χ1v) is 6.76. The fourth-order valence-electron chi connectivity index (χ4n) is 1.88. The Morgan fingerprint density at radius 3 is 2.85 bits per heavy atom. The number of nitrogens with zero attached hydrogens (tertiary/aromatic N) is 4. The second-order valence-corrected chi connectivity index (χ2v) is 5.34. The Morgan fingerprint density at radius 1 is 1.35 bits per heavy atom. The van der Waals surface area contributed by atoms with Crippen molar-refractivity contribution in [3.05, 3.63) is 36.0 Å². The number of aromatic nitrogens is 4. The van der Waals surface area contributed by atoms with Crippen molar-refractivity contribution in [3.8, 4) is 0 Å². The van der Waals surface area contributed by atoms with Crippen LogP contribution in [0.25, 0.3) is 10.9 Å². The van der Waals surface area contributed by atoms with Gasteiger partial charge in [-0.05, 0) is 36.9 Å². The van der Waals surface area contributed by atoms with Crippen LogP contribution >= 0.6 is 11.8 Å². The number of nitrogen functional groups attached to an aromatic ring is 1. The molecule has 0 aliphatic rings. The van der Waals surface area contributed by atoms with Crippen LogP contribution in [0.15, 0.2) is 34.4 Å². The average Bonchev–Trinajstić information content (AvgIpc) is 2.75. The van der Waals surface area contributed by atoms with Gasteiger partial charge in [-0.3, -0.25) is 4.98 Å². The SMILES string of the molecule is Cc1nnc(Sc2c(F)cc(N)c3cccnc23)n1C. The van der Waals surface area contributed by atoms with Crippen LogP contribution in [0.3, 0.4) is 0 Å². The number of rotatable bonds is 2. The Balaban J connectivity index is 2.18. The fourth-order valence-corrected chi connectivity index (χ4v) is 2.83. The van der Waals surface area contributed by atoms with Gasteiger partial charge in [0.15, 0.2) is 5.16 Å². The van der Waals surface area contributed by atoms with Crippen molar-refractivity contribution in [3.63, 3.8) is 0 Å². The standard InChI is InChI=1S/C13H12FN5S/c1-7-17-18-13(19(7)2)20-12-9(14)6-10(15)8-4-3-5-16-11(8)12/h3-6H,15H2,1-2H3. The van der Waals surface area contributed by atoms with Crippen molar-refractivity contribution in [2.75, 3.05) is 5.73 Å². The van der Waals surface area contributed by atoms with Gasteiger partial charge in [-0.2, -0.15) is 0 Å². The summed E-state index contributed by atoms with van der Waals surface area (Å²) in [7, 11) is 1.84. The van der Waals surface area contributed by atoms with Crippen LogP contribution in [0, 0.1) is 12.7 Å². The maximum atomic E-state index is 14.2. The quantitative estimate of drug-likeness (QED) is 0.734. The lowest BCUT2D eigenvalue weighted by Crippen LogP contribution is -1.97. The number of nitrogens with two attached hydrogens (primary N) is 1. The molecule has 2 heterocycles. The largest absolute Gasteiger partial charge is 0.398 e. The van der Waals surface area contributed by atoms with E-state index < -0.39 is 5.82 Å². The van der Waals surface area contributed by atoms with E-state index in [9.17, 15) is 4.39 Å². The Hall–Kier alpha value is -2.15. The molecule has 0 bridgehead atoms. The van der Waals surface area contributed by atoms with Crippen molar-refractivity contribution < 1.29 is 4.39 Å². The van der Waals surface area contributed by atoms with Gasteiger partial charge in [0.2, 0.25) is 0 Å². The molecule has 0 amide bonds. The van der Waals surface area contributed by atoms with Crippen LogP contribution in [0.4, 0.5) is 10.1 Å². The molecule has 2 N–H and O–H groups in total. The Labute approximate surface area is 119 Å². The fraction of sp³-hybridized carbons (Fsp3) is 0.154. The first kappa shape index (κ1) is 12.9. The number of aryl methyl sites for hydroxylation is 1. The summed E-state index contributed by atoms with van der Waals surface area (Å²) in [5, 5.41) is 9.34. The highest BCUT2D eigenvalue weighted by atomic mass is 32.2. The summed E-state index contributed by atoms with van der Waals surface area (Å²) >= 11 is 1.20. The lowest BCUT2D eigenvalue weighted by atomic mass is 10.2. The summed E-state index contributed by atoms with van der Waals surface area (Å²) < 4.78 is 16.0. The molecule has 0 aliphatic heterocycles. The van der Waals surface area contributed by atoms with Crippen molar-refractivity contribution in [1.29, 1.82) is 0 Å². The topological polar surface area (TPSA) is 69.6 Å². The molecule has 3 rings (SSSR count). The Morgan fingerprint density at radius 2 is 2.15 bits per heavy atom. The second kappa shape index (κ2) is 4.75. The highest BCUT2D eigenvalue weighted by Crippen LogP contribution is 2.36. The minimum Gasteiger partial charge on any atom is -0.398 e. The number of pyridine rings is 1. The van der Waals surface area contributed by atoms with E-state index in [1.165, 1.54) is 17.8 Å². The zero-order valence-corrected chi connectivity index (χ0v) is 11.8. The molecule has 3 aromatic rings. The first-order chi connectivity index (χ1) is 9.58. The van der Waals surface area contributed by atoms with Gasteiger partial charge < -0.3 is 10.3 Å². The van der Waals surface area contributed by atoms with Gasteiger partial charge in [0.05, 0.1) is 10.4 Å². The average molecular weight is 289 g/mol. The van der Waals surface area contributed by atoms with E-state index >= 15 is 0 Å². The molecule has 2 aromatic heterocycles. The van der Waals surface area contributed by atoms with Crippen LogP contribution in [0.1, 0.15) is 5.82 Å². The van der Waals surface area contributed by atoms with Gasteiger partial charge in [-0.1, -0.05) is 0 Å².